The van der Waals surface area contributed by atoms with Crippen molar-refractivity contribution in [2.45, 2.75) is 19.8 Å². The number of rotatable bonds is 6. The number of carbonyl (C=O) groups is 1. The minimum absolute atomic E-state index is 0.0474. The van der Waals surface area contributed by atoms with Crippen molar-refractivity contribution < 1.29 is 15.0 Å². The molecule has 1 rings (SSSR count). The highest BCUT2D eigenvalue weighted by Crippen LogP contribution is 2.13. The van der Waals surface area contributed by atoms with Crippen LogP contribution in [0.4, 0.5) is 0 Å². The maximum atomic E-state index is 12.1. The zero-order valence-electron chi connectivity index (χ0n) is 10.1. The zero-order valence-corrected chi connectivity index (χ0v) is 10.1. The molecule has 0 saturated heterocycles. The van der Waals surface area contributed by atoms with E-state index in [2.05, 4.69) is 6.92 Å². The molecule has 0 bridgehead atoms. The van der Waals surface area contributed by atoms with Crippen LogP contribution in [0, 0.1) is 0 Å². The lowest BCUT2D eigenvalue weighted by molar-refractivity contribution is 0.0719. The summed E-state index contributed by atoms with van der Waals surface area (Å²) < 4.78 is 0. The third-order valence-electron chi connectivity index (χ3n) is 2.53. The molecule has 0 spiro atoms. The molecule has 0 radical (unpaired) electrons. The van der Waals surface area contributed by atoms with Crippen molar-refractivity contribution in [3.05, 3.63) is 29.8 Å². The van der Waals surface area contributed by atoms with Crippen LogP contribution in [0.2, 0.25) is 0 Å². The molecule has 0 heterocycles. The lowest BCUT2D eigenvalue weighted by Gasteiger charge is -2.21. The molecular weight excluding hydrogens is 218 g/mol. The van der Waals surface area contributed by atoms with E-state index in [9.17, 15) is 9.90 Å². The molecule has 4 nitrogen and oxygen atoms in total. The number of hydrogen-bond donors (Lipinski definition) is 2. The third-order valence-corrected chi connectivity index (χ3v) is 2.53. The van der Waals surface area contributed by atoms with Gasteiger partial charge in [0, 0.05) is 18.7 Å². The van der Waals surface area contributed by atoms with Gasteiger partial charge in [-0.15, -0.1) is 0 Å². The largest absolute Gasteiger partial charge is 0.508 e. The maximum Gasteiger partial charge on any atom is 0.254 e. The van der Waals surface area contributed by atoms with Crippen molar-refractivity contribution in [1.82, 2.24) is 4.90 Å². The van der Waals surface area contributed by atoms with Gasteiger partial charge in [0.25, 0.3) is 5.91 Å². The standard InChI is InChI=1S/C13H19NO3/c1-2-3-7-14(8-9-15)13(17)11-5-4-6-12(16)10-11/h4-6,10,15-16H,2-3,7-9H2,1H3. The molecule has 17 heavy (non-hydrogen) atoms. The topological polar surface area (TPSA) is 60.8 Å². The Morgan fingerprint density at radius 3 is 2.71 bits per heavy atom. The molecule has 0 aliphatic rings. The highest BCUT2D eigenvalue weighted by molar-refractivity contribution is 5.94. The molecule has 1 aromatic carbocycles. The van der Waals surface area contributed by atoms with Crippen molar-refractivity contribution in [3.63, 3.8) is 0 Å². The number of phenols is 1. The molecule has 0 fully saturated rings. The summed E-state index contributed by atoms with van der Waals surface area (Å²) in [6.07, 6.45) is 1.90. The molecule has 4 heteroatoms. The highest BCUT2D eigenvalue weighted by Gasteiger charge is 2.14. The minimum Gasteiger partial charge on any atom is -0.508 e. The number of aliphatic hydroxyl groups is 1. The van der Waals surface area contributed by atoms with Crippen LogP contribution < -0.4 is 0 Å². The van der Waals surface area contributed by atoms with E-state index in [1.807, 2.05) is 0 Å². The number of carbonyl (C=O) groups excluding carboxylic acids is 1. The molecule has 0 atom stereocenters. The predicted octanol–water partition coefficient (Wildman–Crippen LogP) is 1.63. The summed E-state index contributed by atoms with van der Waals surface area (Å²) in [5, 5.41) is 18.3. The SMILES string of the molecule is CCCCN(CCO)C(=O)c1cccc(O)c1. The van der Waals surface area contributed by atoms with E-state index >= 15 is 0 Å². The van der Waals surface area contributed by atoms with E-state index in [0.717, 1.165) is 12.8 Å². The molecule has 0 aliphatic heterocycles. The first kappa shape index (κ1) is 13.5. The van der Waals surface area contributed by atoms with Crippen LogP contribution in [-0.4, -0.2) is 40.7 Å². The van der Waals surface area contributed by atoms with Gasteiger partial charge in [-0.25, -0.2) is 0 Å². The molecule has 0 aromatic heterocycles. The predicted molar refractivity (Wildman–Crippen MR) is 66.0 cm³/mol. The molecule has 0 unspecified atom stereocenters. The van der Waals surface area contributed by atoms with Gasteiger partial charge >= 0.3 is 0 Å². The van der Waals surface area contributed by atoms with Crippen molar-refractivity contribution in [1.29, 1.82) is 0 Å². The Hall–Kier alpha value is -1.55. The van der Waals surface area contributed by atoms with Crippen LogP contribution in [0.25, 0.3) is 0 Å². The molecule has 0 saturated carbocycles. The van der Waals surface area contributed by atoms with Crippen LogP contribution in [0.15, 0.2) is 24.3 Å². The molecule has 0 aliphatic carbocycles. The highest BCUT2D eigenvalue weighted by atomic mass is 16.3. The summed E-state index contributed by atoms with van der Waals surface area (Å²) in [6, 6.07) is 6.27. The summed E-state index contributed by atoms with van der Waals surface area (Å²) in [7, 11) is 0. The van der Waals surface area contributed by atoms with Gasteiger partial charge in [-0.05, 0) is 24.6 Å². The first-order valence-corrected chi connectivity index (χ1v) is 5.88. The van der Waals surface area contributed by atoms with Gasteiger partial charge < -0.3 is 15.1 Å². The number of unbranched alkanes of at least 4 members (excludes halogenated alkanes) is 1. The van der Waals surface area contributed by atoms with Gasteiger partial charge in [-0.2, -0.15) is 0 Å². The first-order valence-electron chi connectivity index (χ1n) is 5.88. The van der Waals surface area contributed by atoms with E-state index in [1.54, 1.807) is 17.0 Å². The number of amides is 1. The van der Waals surface area contributed by atoms with E-state index in [1.165, 1.54) is 12.1 Å². The third kappa shape index (κ3) is 4.07. The second kappa shape index (κ2) is 6.91. The lowest BCUT2D eigenvalue weighted by atomic mass is 10.2. The Bertz CT molecular complexity index is 365. The minimum atomic E-state index is -0.150. The summed E-state index contributed by atoms with van der Waals surface area (Å²) in [5.74, 6) is -0.0707. The monoisotopic (exact) mass is 237 g/mol. The average Bonchev–Trinajstić information content (AvgIpc) is 2.33. The van der Waals surface area contributed by atoms with E-state index < -0.39 is 0 Å². The zero-order chi connectivity index (χ0) is 12.7. The Kier molecular flexibility index (Phi) is 5.49. The van der Waals surface area contributed by atoms with Crippen LogP contribution in [0.1, 0.15) is 30.1 Å². The molecule has 1 aromatic rings. The van der Waals surface area contributed by atoms with Crippen LogP contribution in [-0.2, 0) is 0 Å². The molecule has 2 N–H and O–H groups in total. The maximum absolute atomic E-state index is 12.1. The van der Waals surface area contributed by atoms with Crippen LogP contribution in [0.3, 0.4) is 0 Å². The second-order valence-electron chi connectivity index (χ2n) is 3.92. The van der Waals surface area contributed by atoms with Gasteiger partial charge in [0.15, 0.2) is 0 Å². The quantitative estimate of drug-likeness (QED) is 0.790. The fourth-order valence-electron chi connectivity index (χ4n) is 1.61. The summed E-state index contributed by atoms with van der Waals surface area (Å²) in [6.45, 7) is 2.96. The molecule has 1 amide bonds. The summed E-state index contributed by atoms with van der Waals surface area (Å²) in [5.41, 5.74) is 0.453. The van der Waals surface area contributed by atoms with Crippen LogP contribution in [0.5, 0.6) is 5.75 Å². The lowest BCUT2D eigenvalue weighted by Crippen LogP contribution is -2.34. The number of aromatic hydroxyl groups is 1. The van der Waals surface area contributed by atoms with Gasteiger partial charge in [-0.1, -0.05) is 19.4 Å². The number of phenolic OH excluding ortho intramolecular Hbond substituents is 1. The van der Waals surface area contributed by atoms with Crippen LogP contribution >= 0.6 is 0 Å². The number of benzene rings is 1. The van der Waals surface area contributed by atoms with Crippen molar-refractivity contribution in [3.8, 4) is 5.75 Å². The number of nitrogens with zero attached hydrogens (tertiary/aromatic N) is 1. The average molecular weight is 237 g/mol. The summed E-state index contributed by atoms with van der Waals surface area (Å²) in [4.78, 5) is 13.7. The molecule has 94 valence electrons. The van der Waals surface area contributed by atoms with E-state index in [0.29, 0.717) is 18.7 Å². The first-order chi connectivity index (χ1) is 8.19. The Morgan fingerprint density at radius 2 is 2.12 bits per heavy atom. The van der Waals surface area contributed by atoms with Gasteiger partial charge in [-0.3, -0.25) is 4.79 Å². The fourth-order valence-corrected chi connectivity index (χ4v) is 1.61. The summed E-state index contributed by atoms with van der Waals surface area (Å²) >= 11 is 0. The van der Waals surface area contributed by atoms with Crippen molar-refractivity contribution in [2.24, 2.45) is 0 Å². The Morgan fingerprint density at radius 1 is 1.35 bits per heavy atom. The van der Waals surface area contributed by atoms with Gasteiger partial charge in [0.05, 0.1) is 6.61 Å². The molecular formula is C13H19NO3. The van der Waals surface area contributed by atoms with Gasteiger partial charge in [0.1, 0.15) is 5.75 Å². The van der Waals surface area contributed by atoms with Crippen molar-refractivity contribution >= 4 is 5.91 Å². The Balaban J connectivity index is 2.76. The fraction of sp³-hybridized carbons (Fsp3) is 0.462. The van der Waals surface area contributed by atoms with Gasteiger partial charge in [0.2, 0.25) is 0 Å². The second-order valence-corrected chi connectivity index (χ2v) is 3.92. The number of aliphatic hydroxyl groups excluding tert-OH is 1. The van der Waals surface area contributed by atoms with Crippen molar-refractivity contribution in [2.75, 3.05) is 19.7 Å². The number of hydrogen-bond acceptors (Lipinski definition) is 3. The Labute approximate surface area is 101 Å². The van der Waals surface area contributed by atoms with E-state index in [-0.39, 0.29) is 18.3 Å². The normalized spacial score (nSPS) is 10.2. The smallest absolute Gasteiger partial charge is 0.254 e. The van der Waals surface area contributed by atoms with E-state index in [4.69, 9.17) is 5.11 Å².